The summed E-state index contributed by atoms with van der Waals surface area (Å²) >= 11 is 3.59. The summed E-state index contributed by atoms with van der Waals surface area (Å²) in [6.07, 6.45) is 3.99. The molecule has 20 heavy (non-hydrogen) atoms. The van der Waals surface area contributed by atoms with Gasteiger partial charge >= 0.3 is 0 Å². The Bertz CT molecular complexity index is 571. The van der Waals surface area contributed by atoms with Gasteiger partial charge in [-0.3, -0.25) is 0 Å². The fraction of sp³-hybridized carbons (Fsp3) is 0.438. The van der Waals surface area contributed by atoms with E-state index >= 15 is 0 Å². The van der Waals surface area contributed by atoms with Crippen molar-refractivity contribution in [2.75, 3.05) is 18.4 Å². The lowest BCUT2D eigenvalue weighted by Gasteiger charge is -2.30. The molecule has 2 aromatic rings. The largest absolute Gasteiger partial charge is 0.369 e. The van der Waals surface area contributed by atoms with E-state index in [2.05, 4.69) is 46.1 Å². The van der Waals surface area contributed by atoms with Crippen LogP contribution in [0.25, 0.3) is 10.8 Å². The van der Waals surface area contributed by atoms with Crippen LogP contribution in [0.5, 0.6) is 0 Å². The van der Waals surface area contributed by atoms with Crippen molar-refractivity contribution in [1.29, 1.82) is 0 Å². The summed E-state index contributed by atoms with van der Waals surface area (Å²) in [6, 6.07) is 8.21. The van der Waals surface area contributed by atoms with Crippen molar-refractivity contribution < 1.29 is 0 Å². The van der Waals surface area contributed by atoms with Crippen molar-refractivity contribution in [3.8, 4) is 0 Å². The van der Waals surface area contributed by atoms with Gasteiger partial charge in [-0.05, 0) is 36.9 Å². The Labute approximate surface area is 129 Å². The van der Waals surface area contributed by atoms with Crippen LogP contribution in [-0.4, -0.2) is 18.1 Å². The quantitative estimate of drug-likeness (QED) is 0.832. The minimum atomic E-state index is 0.149. The van der Waals surface area contributed by atoms with Gasteiger partial charge in [0.2, 0.25) is 0 Å². The van der Waals surface area contributed by atoms with Crippen molar-refractivity contribution in [3.63, 3.8) is 0 Å². The first-order valence-electron chi connectivity index (χ1n) is 7.13. The van der Waals surface area contributed by atoms with Crippen LogP contribution < -0.4 is 11.1 Å². The van der Waals surface area contributed by atoms with E-state index in [0.29, 0.717) is 6.54 Å². The minimum Gasteiger partial charge on any atom is -0.369 e. The first kappa shape index (κ1) is 15.3. The molecule has 0 atom stereocenters. The molecule has 0 fully saturated rings. The molecule has 3 nitrogen and oxygen atoms in total. The Kier molecular flexibility index (Phi) is 5.00. The molecular weight excluding hydrogens is 314 g/mol. The summed E-state index contributed by atoms with van der Waals surface area (Å²) in [7, 11) is 0. The van der Waals surface area contributed by atoms with Gasteiger partial charge in [0.25, 0.3) is 0 Å². The third-order valence-electron chi connectivity index (χ3n) is 4.32. The number of aromatic nitrogens is 1. The Hall–Kier alpha value is -1.13. The molecule has 1 aromatic heterocycles. The predicted octanol–water partition coefficient (Wildman–Crippen LogP) is 4.17. The number of fused-ring (bicyclic) bond motifs is 1. The van der Waals surface area contributed by atoms with Crippen molar-refractivity contribution in [1.82, 2.24) is 4.98 Å². The molecule has 0 amide bonds. The predicted molar refractivity (Wildman–Crippen MR) is 90.0 cm³/mol. The molecule has 4 heteroatoms. The van der Waals surface area contributed by atoms with Crippen LogP contribution in [0, 0.1) is 5.41 Å². The Morgan fingerprint density at radius 3 is 2.60 bits per heavy atom. The third kappa shape index (κ3) is 2.96. The van der Waals surface area contributed by atoms with Gasteiger partial charge in [-0.15, -0.1) is 0 Å². The Balaban J connectivity index is 2.28. The summed E-state index contributed by atoms with van der Waals surface area (Å²) in [5.41, 5.74) is 6.11. The average Bonchev–Trinajstić information content (AvgIpc) is 2.50. The second-order valence-electron chi connectivity index (χ2n) is 5.26. The SMILES string of the molecule is CCC(CC)(CN)CNc1nccc2c(Br)cccc12. The zero-order valence-electron chi connectivity index (χ0n) is 12.1. The number of benzene rings is 1. The number of anilines is 1. The molecular formula is C16H22BrN3. The minimum absolute atomic E-state index is 0.149. The van der Waals surface area contributed by atoms with E-state index in [-0.39, 0.29) is 5.41 Å². The summed E-state index contributed by atoms with van der Waals surface area (Å²) in [5.74, 6) is 0.934. The summed E-state index contributed by atoms with van der Waals surface area (Å²) in [5, 5.41) is 5.81. The first-order valence-corrected chi connectivity index (χ1v) is 7.92. The molecule has 0 spiro atoms. The number of halogens is 1. The van der Waals surface area contributed by atoms with Crippen LogP contribution in [0.3, 0.4) is 0 Å². The van der Waals surface area contributed by atoms with Gasteiger partial charge in [-0.2, -0.15) is 0 Å². The second kappa shape index (κ2) is 6.55. The van der Waals surface area contributed by atoms with E-state index in [1.807, 2.05) is 24.4 Å². The van der Waals surface area contributed by atoms with E-state index < -0.39 is 0 Å². The molecule has 1 heterocycles. The first-order chi connectivity index (χ1) is 9.65. The van der Waals surface area contributed by atoms with Crippen LogP contribution in [0.2, 0.25) is 0 Å². The van der Waals surface area contributed by atoms with Crippen molar-refractivity contribution in [3.05, 3.63) is 34.9 Å². The lowest BCUT2D eigenvalue weighted by Crippen LogP contribution is -2.36. The topological polar surface area (TPSA) is 50.9 Å². The normalized spacial score (nSPS) is 11.8. The number of rotatable bonds is 6. The van der Waals surface area contributed by atoms with Crippen molar-refractivity contribution in [2.24, 2.45) is 11.1 Å². The van der Waals surface area contributed by atoms with Crippen LogP contribution in [0.4, 0.5) is 5.82 Å². The number of nitrogens with two attached hydrogens (primary N) is 1. The highest BCUT2D eigenvalue weighted by Crippen LogP contribution is 2.30. The molecule has 0 aliphatic carbocycles. The lowest BCUT2D eigenvalue weighted by atomic mass is 9.82. The second-order valence-corrected chi connectivity index (χ2v) is 6.11. The zero-order chi connectivity index (χ0) is 14.6. The monoisotopic (exact) mass is 335 g/mol. The smallest absolute Gasteiger partial charge is 0.133 e. The van der Waals surface area contributed by atoms with Crippen LogP contribution in [0.1, 0.15) is 26.7 Å². The van der Waals surface area contributed by atoms with Crippen LogP contribution in [-0.2, 0) is 0 Å². The summed E-state index contributed by atoms with van der Waals surface area (Å²) in [4.78, 5) is 4.48. The maximum atomic E-state index is 5.96. The Morgan fingerprint density at radius 2 is 1.95 bits per heavy atom. The van der Waals surface area contributed by atoms with Gasteiger partial charge in [0, 0.05) is 28.0 Å². The molecule has 108 valence electrons. The van der Waals surface area contributed by atoms with Crippen molar-refractivity contribution >= 4 is 32.5 Å². The maximum Gasteiger partial charge on any atom is 0.133 e. The van der Waals surface area contributed by atoms with Gasteiger partial charge in [0.15, 0.2) is 0 Å². The molecule has 0 aliphatic heterocycles. The van der Waals surface area contributed by atoms with E-state index in [1.165, 1.54) is 5.39 Å². The fourth-order valence-corrected chi connectivity index (χ4v) is 2.94. The molecule has 3 N–H and O–H groups in total. The third-order valence-corrected chi connectivity index (χ3v) is 5.01. The Morgan fingerprint density at radius 1 is 1.20 bits per heavy atom. The number of pyridine rings is 1. The van der Waals surface area contributed by atoms with Crippen LogP contribution in [0.15, 0.2) is 34.9 Å². The highest BCUT2D eigenvalue weighted by molar-refractivity contribution is 9.10. The molecule has 2 rings (SSSR count). The molecule has 0 unspecified atom stereocenters. The van der Waals surface area contributed by atoms with E-state index in [4.69, 9.17) is 5.73 Å². The van der Waals surface area contributed by atoms with E-state index in [1.54, 1.807) is 0 Å². The molecule has 0 saturated heterocycles. The molecule has 0 saturated carbocycles. The van der Waals surface area contributed by atoms with Crippen LogP contribution >= 0.6 is 15.9 Å². The van der Waals surface area contributed by atoms with Crippen molar-refractivity contribution in [2.45, 2.75) is 26.7 Å². The maximum absolute atomic E-state index is 5.96. The van der Waals surface area contributed by atoms with Gasteiger partial charge in [-0.25, -0.2) is 4.98 Å². The van der Waals surface area contributed by atoms with Gasteiger partial charge in [-0.1, -0.05) is 41.9 Å². The standard InChI is InChI=1S/C16H22BrN3/c1-3-16(4-2,10-18)11-20-15-13-6-5-7-14(17)12(13)8-9-19-15/h5-9H,3-4,10-11,18H2,1-2H3,(H,19,20). The molecule has 1 aromatic carbocycles. The number of nitrogens with one attached hydrogen (secondary N) is 1. The van der Waals surface area contributed by atoms with Gasteiger partial charge in [0.05, 0.1) is 0 Å². The number of hydrogen-bond donors (Lipinski definition) is 2. The number of nitrogens with zero attached hydrogens (tertiary/aromatic N) is 1. The molecule has 0 radical (unpaired) electrons. The van der Waals surface area contributed by atoms with E-state index in [0.717, 1.165) is 35.1 Å². The van der Waals surface area contributed by atoms with Gasteiger partial charge < -0.3 is 11.1 Å². The lowest BCUT2D eigenvalue weighted by molar-refractivity contribution is 0.294. The summed E-state index contributed by atoms with van der Waals surface area (Å²) < 4.78 is 1.09. The highest BCUT2D eigenvalue weighted by Gasteiger charge is 2.24. The zero-order valence-corrected chi connectivity index (χ0v) is 13.7. The highest BCUT2D eigenvalue weighted by atomic mass is 79.9. The number of hydrogen-bond acceptors (Lipinski definition) is 3. The van der Waals surface area contributed by atoms with E-state index in [9.17, 15) is 0 Å². The molecule has 0 aliphatic rings. The van der Waals surface area contributed by atoms with Gasteiger partial charge in [0.1, 0.15) is 5.82 Å². The average molecular weight is 336 g/mol. The fourth-order valence-electron chi connectivity index (χ4n) is 2.44. The molecule has 0 bridgehead atoms. The summed E-state index contributed by atoms with van der Waals surface area (Å²) in [6.45, 7) is 5.95.